The molecular weight excluding hydrogens is 383 g/mol. The predicted molar refractivity (Wildman–Crippen MR) is 103 cm³/mol. The molecule has 2 amide bonds. The Bertz CT molecular complexity index is 1090. The number of aryl methyl sites for hydroxylation is 1. The minimum Gasteiger partial charge on any atom is -0.348 e. The summed E-state index contributed by atoms with van der Waals surface area (Å²) < 4.78 is 14.6. The van der Waals surface area contributed by atoms with E-state index in [1.54, 1.807) is 37.3 Å². The lowest BCUT2D eigenvalue weighted by atomic mass is 10.1. The molecule has 8 heteroatoms. The number of hydrogen-bond donors (Lipinski definition) is 2. The summed E-state index contributed by atoms with van der Waals surface area (Å²) >= 11 is 6.39. The first-order chi connectivity index (χ1) is 13.4. The summed E-state index contributed by atoms with van der Waals surface area (Å²) in [5.41, 5.74) is 3.49. The van der Waals surface area contributed by atoms with Crippen LogP contribution < -0.4 is 10.6 Å². The van der Waals surface area contributed by atoms with Crippen molar-refractivity contribution in [3.05, 3.63) is 81.4 Å². The molecule has 0 unspecified atom stereocenters. The average Bonchev–Trinajstić information content (AvgIpc) is 3.16. The van der Waals surface area contributed by atoms with Gasteiger partial charge in [0.25, 0.3) is 11.8 Å². The van der Waals surface area contributed by atoms with Gasteiger partial charge in [-0.1, -0.05) is 29.8 Å². The molecule has 0 bridgehead atoms. The zero-order valence-electron chi connectivity index (χ0n) is 14.9. The van der Waals surface area contributed by atoms with E-state index in [-0.39, 0.29) is 22.4 Å². The number of benzene rings is 2. The third-order valence-electron chi connectivity index (χ3n) is 4.59. The van der Waals surface area contributed by atoms with Crippen molar-refractivity contribution in [2.75, 3.05) is 5.32 Å². The van der Waals surface area contributed by atoms with E-state index < -0.39 is 5.91 Å². The van der Waals surface area contributed by atoms with Crippen LogP contribution in [0.5, 0.6) is 0 Å². The van der Waals surface area contributed by atoms with Crippen LogP contribution in [-0.2, 0) is 13.1 Å². The van der Waals surface area contributed by atoms with Gasteiger partial charge in [-0.3, -0.25) is 9.59 Å². The molecule has 0 aliphatic carbocycles. The number of fused-ring (bicyclic) bond motifs is 1. The highest BCUT2D eigenvalue weighted by Gasteiger charge is 2.23. The van der Waals surface area contributed by atoms with Crippen LogP contribution >= 0.6 is 11.6 Å². The van der Waals surface area contributed by atoms with E-state index in [2.05, 4.69) is 15.7 Å². The second-order valence-corrected chi connectivity index (χ2v) is 6.90. The molecule has 1 aromatic heterocycles. The Morgan fingerprint density at radius 1 is 1.29 bits per heavy atom. The number of carbonyl (C=O) groups is 2. The molecule has 28 heavy (non-hydrogen) atoms. The van der Waals surface area contributed by atoms with Gasteiger partial charge in [-0.05, 0) is 42.3 Å². The van der Waals surface area contributed by atoms with Crippen molar-refractivity contribution in [2.45, 2.75) is 20.0 Å². The molecule has 0 saturated heterocycles. The Morgan fingerprint density at radius 3 is 2.79 bits per heavy atom. The van der Waals surface area contributed by atoms with Crippen molar-refractivity contribution in [1.82, 2.24) is 15.1 Å². The number of halogens is 2. The van der Waals surface area contributed by atoms with E-state index in [0.29, 0.717) is 30.0 Å². The second kappa shape index (κ2) is 7.09. The van der Waals surface area contributed by atoms with Crippen molar-refractivity contribution in [3.63, 3.8) is 0 Å². The fourth-order valence-corrected chi connectivity index (χ4v) is 3.48. The Hall–Kier alpha value is -3.19. The highest BCUT2D eigenvalue weighted by atomic mass is 35.5. The van der Waals surface area contributed by atoms with E-state index in [1.807, 2.05) is 0 Å². The Kier molecular flexibility index (Phi) is 4.60. The van der Waals surface area contributed by atoms with Gasteiger partial charge in [-0.2, -0.15) is 5.10 Å². The van der Waals surface area contributed by atoms with Gasteiger partial charge >= 0.3 is 0 Å². The molecular formula is C20H16ClFN4O2. The number of amides is 2. The molecule has 2 heterocycles. The Morgan fingerprint density at radius 2 is 2.04 bits per heavy atom. The summed E-state index contributed by atoms with van der Waals surface area (Å²) in [6, 6.07) is 11.2. The van der Waals surface area contributed by atoms with E-state index in [1.165, 1.54) is 16.8 Å². The van der Waals surface area contributed by atoms with Crippen molar-refractivity contribution in [2.24, 2.45) is 0 Å². The Balaban J connectivity index is 1.56. The van der Waals surface area contributed by atoms with Crippen LogP contribution in [0.3, 0.4) is 0 Å². The summed E-state index contributed by atoms with van der Waals surface area (Å²) in [6.07, 6.45) is 0. The lowest BCUT2D eigenvalue weighted by molar-refractivity contribution is 0.0964. The van der Waals surface area contributed by atoms with Crippen LogP contribution in [0.15, 0.2) is 42.5 Å². The van der Waals surface area contributed by atoms with E-state index >= 15 is 0 Å². The number of nitrogens with zero attached hydrogens (tertiary/aromatic N) is 2. The van der Waals surface area contributed by atoms with Gasteiger partial charge in [0.15, 0.2) is 0 Å². The van der Waals surface area contributed by atoms with Crippen LogP contribution in [0.4, 0.5) is 10.1 Å². The number of anilines is 1. The SMILES string of the molecule is Cc1nn(Cc2ccc(F)cc2)c(Cl)c1C(=O)Nc1ccc2c(c1)C(=O)NC2. The maximum Gasteiger partial charge on any atom is 0.260 e. The summed E-state index contributed by atoms with van der Waals surface area (Å²) in [5.74, 6) is -0.895. The average molecular weight is 399 g/mol. The van der Waals surface area contributed by atoms with Gasteiger partial charge in [0.2, 0.25) is 0 Å². The summed E-state index contributed by atoms with van der Waals surface area (Å²) in [6.45, 7) is 2.49. The molecule has 0 atom stereocenters. The lowest BCUT2D eigenvalue weighted by Gasteiger charge is -2.07. The van der Waals surface area contributed by atoms with Crippen molar-refractivity contribution >= 4 is 29.1 Å². The van der Waals surface area contributed by atoms with E-state index in [4.69, 9.17) is 11.6 Å². The smallest absolute Gasteiger partial charge is 0.260 e. The van der Waals surface area contributed by atoms with Crippen molar-refractivity contribution < 1.29 is 14.0 Å². The standard InChI is InChI=1S/C20H16ClFN4O2/c1-11-17(18(21)26(25-11)10-12-2-5-14(22)6-3-12)20(28)24-15-7-4-13-9-23-19(27)16(13)8-15/h2-8H,9-10H2,1H3,(H,23,27)(H,24,28). The molecule has 3 aromatic rings. The van der Waals surface area contributed by atoms with E-state index in [0.717, 1.165) is 11.1 Å². The third kappa shape index (κ3) is 3.36. The van der Waals surface area contributed by atoms with Crippen LogP contribution in [0.1, 0.15) is 37.5 Å². The zero-order chi connectivity index (χ0) is 19.8. The van der Waals surface area contributed by atoms with Crippen molar-refractivity contribution in [1.29, 1.82) is 0 Å². The number of hydrogen-bond acceptors (Lipinski definition) is 3. The molecule has 2 N–H and O–H groups in total. The molecule has 1 aliphatic heterocycles. The first-order valence-electron chi connectivity index (χ1n) is 8.62. The molecule has 0 saturated carbocycles. The fraction of sp³-hybridized carbons (Fsp3) is 0.150. The molecule has 0 radical (unpaired) electrons. The summed E-state index contributed by atoms with van der Waals surface area (Å²) in [5, 5.41) is 10.0. The minimum absolute atomic E-state index is 0.160. The number of aromatic nitrogens is 2. The highest BCUT2D eigenvalue weighted by Crippen LogP contribution is 2.24. The first-order valence-corrected chi connectivity index (χ1v) is 9.00. The normalized spacial score (nSPS) is 12.6. The largest absolute Gasteiger partial charge is 0.348 e. The van der Waals surface area contributed by atoms with E-state index in [9.17, 15) is 14.0 Å². The maximum absolute atomic E-state index is 13.1. The van der Waals surface area contributed by atoms with Gasteiger partial charge < -0.3 is 10.6 Å². The van der Waals surface area contributed by atoms with Gasteiger partial charge in [0.1, 0.15) is 11.0 Å². The zero-order valence-corrected chi connectivity index (χ0v) is 15.7. The topological polar surface area (TPSA) is 76.0 Å². The summed E-state index contributed by atoms with van der Waals surface area (Å²) in [4.78, 5) is 24.5. The molecule has 142 valence electrons. The van der Waals surface area contributed by atoms with Gasteiger partial charge in [-0.15, -0.1) is 0 Å². The molecule has 6 nitrogen and oxygen atoms in total. The number of rotatable bonds is 4. The quantitative estimate of drug-likeness (QED) is 0.706. The van der Waals surface area contributed by atoms with Gasteiger partial charge in [-0.25, -0.2) is 9.07 Å². The van der Waals surface area contributed by atoms with Crippen LogP contribution in [-0.4, -0.2) is 21.6 Å². The minimum atomic E-state index is -0.411. The predicted octanol–water partition coefficient (Wildman–Crippen LogP) is 3.53. The first kappa shape index (κ1) is 18.2. The number of carbonyl (C=O) groups excluding carboxylic acids is 2. The monoisotopic (exact) mass is 398 g/mol. The third-order valence-corrected chi connectivity index (χ3v) is 4.97. The second-order valence-electron chi connectivity index (χ2n) is 6.54. The fourth-order valence-electron chi connectivity index (χ4n) is 3.16. The Labute approximate surface area is 165 Å². The number of nitrogens with one attached hydrogen (secondary N) is 2. The van der Waals surface area contributed by atoms with Gasteiger partial charge in [0.05, 0.1) is 17.8 Å². The lowest BCUT2D eigenvalue weighted by Crippen LogP contribution is -2.14. The van der Waals surface area contributed by atoms with Crippen LogP contribution in [0, 0.1) is 12.7 Å². The molecule has 4 rings (SSSR count). The van der Waals surface area contributed by atoms with Gasteiger partial charge in [0, 0.05) is 17.8 Å². The summed E-state index contributed by atoms with van der Waals surface area (Å²) in [7, 11) is 0. The molecule has 2 aromatic carbocycles. The van der Waals surface area contributed by atoms with Crippen LogP contribution in [0.25, 0.3) is 0 Å². The molecule has 1 aliphatic rings. The molecule has 0 spiro atoms. The molecule has 0 fully saturated rings. The van der Waals surface area contributed by atoms with Crippen molar-refractivity contribution in [3.8, 4) is 0 Å². The highest BCUT2D eigenvalue weighted by molar-refractivity contribution is 6.33. The maximum atomic E-state index is 13.1. The van der Waals surface area contributed by atoms with Crippen LogP contribution in [0.2, 0.25) is 5.15 Å².